The van der Waals surface area contributed by atoms with Gasteiger partial charge in [0, 0.05) is 11.8 Å². The van der Waals surface area contributed by atoms with Gasteiger partial charge >= 0.3 is 0 Å². The molecule has 2 N–H and O–H groups in total. The number of aromatic carboxylic acids is 1. The van der Waals surface area contributed by atoms with Gasteiger partial charge in [-0.2, -0.15) is 0 Å². The van der Waals surface area contributed by atoms with Gasteiger partial charge in [-0.25, -0.2) is 0 Å². The van der Waals surface area contributed by atoms with Crippen LogP contribution in [-0.2, 0) is 0 Å². The maximum Gasteiger partial charge on any atom is 0.267 e. The topological polar surface area (TPSA) is 96.1 Å². The molecule has 0 spiro atoms. The number of nitrogens with zero attached hydrogens (tertiary/aromatic N) is 1. The van der Waals surface area contributed by atoms with E-state index in [-0.39, 0.29) is 11.3 Å². The molecule has 62 valence electrons. The lowest BCUT2D eigenvalue weighted by Crippen LogP contribution is -2.27. The fourth-order valence-corrected chi connectivity index (χ4v) is 0.766. The number of rotatable bonds is 2. The molecule has 0 aliphatic carbocycles. The second-order valence-corrected chi connectivity index (χ2v) is 2.05. The van der Waals surface area contributed by atoms with Gasteiger partial charge in [0.15, 0.2) is 0 Å². The lowest BCUT2D eigenvalue weighted by atomic mass is 10.2. The van der Waals surface area contributed by atoms with Crippen molar-refractivity contribution >= 4 is 11.9 Å². The van der Waals surface area contributed by atoms with Crippen molar-refractivity contribution in [3.8, 4) is 0 Å². The second-order valence-electron chi connectivity index (χ2n) is 2.05. The summed E-state index contributed by atoms with van der Waals surface area (Å²) in [6.07, 6.45) is 1.28. The Hall–Kier alpha value is -1.91. The molecule has 0 atom stereocenters. The molecule has 0 saturated carbocycles. The summed E-state index contributed by atoms with van der Waals surface area (Å²) >= 11 is 0. The lowest BCUT2D eigenvalue weighted by Gasteiger charge is -2.04. The van der Waals surface area contributed by atoms with Crippen LogP contribution in [0.2, 0.25) is 0 Å². The molecule has 1 heterocycles. The molecule has 0 aliphatic heterocycles. The third-order valence-electron chi connectivity index (χ3n) is 1.26. The van der Waals surface area contributed by atoms with Crippen LogP contribution in [0.1, 0.15) is 20.8 Å². The number of hydrogen-bond acceptors (Lipinski definition) is 4. The van der Waals surface area contributed by atoms with Crippen molar-refractivity contribution in [1.82, 2.24) is 4.98 Å². The number of carbonyl (C=O) groups excluding carboxylic acids is 2. The maximum absolute atomic E-state index is 10.6. The fourth-order valence-electron chi connectivity index (χ4n) is 0.766. The SMILES string of the molecule is NC(=O)c1ncccc1C(=O)[O-]. The Morgan fingerprint density at radius 1 is 1.50 bits per heavy atom. The molecule has 1 amide bonds. The van der Waals surface area contributed by atoms with Gasteiger partial charge in [-0.15, -0.1) is 0 Å². The third-order valence-corrected chi connectivity index (χ3v) is 1.26. The number of pyridine rings is 1. The van der Waals surface area contributed by atoms with Crippen molar-refractivity contribution in [1.29, 1.82) is 0 Å². The van der Waals surface area contributed by atoms with E-state index < -0.39 is 11.9 Å². The Morgan fingerprint density at radius 3 is 2.58 bits per heavy atom. The van der Waals surface area contributed by atoms with E-state index in [1.807, 2.05) is 0 Å². The van der Waals surface area contributed by atoms with Crippen molar-refractivity contribution in [2.75, 3.05) is 0 Å². The highest BCUT2D eigenvalue weighted by Gasteiger charge is 2.08. The van der Waals surface area contributed by atoms with Crippen LogP contribution in [-0.4, -0.2) is 16.9 Å². The second kappa shape index (κ2) is 3.00. The molecule has 12 heavy (non-hydrogen) atoms. The van der Waals surface area contributed by atoms with Crippen molar-refractivity contribution in [3.63, 3.8) is 0 Å². The number of carboxylic acid groups (broad SMARTS) is 1. The molecule has 0 aliphatic rings. The third kappa shape index (κ3) is 1.39. The zero-order valence-corrected chi connectivity index (χ0v) is 5.98. The molecule has 1 aromatic rings. The monoisotopic (exact) mass is 165 g/mol. The van der Waals surface area contributed by atoms with E-state index >= 15 is 0 Å². The van der Waals surface area contributed by atoms with Crippen LogP contribution < -0.4 is 10.8 Å². The number of nitrogens with two attached hydrogens (primary N) is 1. The average molecular weight is 165 g/mol. The number of primary amides is 1. The number of amides is 1. The molecule has 1 rings (SSSR count). The van der Waals surface area contributed by atoms with Gasteiger partial charge in [0.2, 0.25) is 0 Å². The van der Waals surface area contributed by atoms with Crippen molar-refractivity contribution in [2.24, 2.45) is 5.73 Å². The molecule has 0 fully saturated rings. The van der Waals surface area contributed by atoms with Crippen LogP contribution in [0.3, 0.4) is 0 Å². The maximum atomic E-state index is 10.6. The van der Waals surface area contributed by atoms with E-state index in [2.05, 4.69) is 4.98 Å². The molecule has 0 bridgehead atoms. The summed E-state index contributed by atoms with van der Waals surface area (Å²) in [5, 5.41) is 10.4. The first-order valence-corrected chi connectivity index (χ1v) is 3.09. The van der Waals surface area contributed by atoms with Crippen molar-refractivity contribution in [3.05, 3.63) is 29.6 Å². The van der Waals surface area contributed by atoms with E-state index in [9.17, 15) is 14.7 Å². The van der Waals surface area contributed by atoms with E-state index in [0.29, 0.717) is 0 Å². The summed E-state index contributed by atoms with van der Waals surface area (Å²) < 4.78 is 0. The van der Waals surface area contributed by atoms with Gasteiger partial charge in [0.1, 0.15) is 5.69 Å². The van der Waals surface area contributed by atoms with Crippen LogP contribution in [0.15, 0.2) is 18.3 Å². The largest absolute Gasteiger partial charge is 0.545 e. The Labute approximate surface area is 67.8 Å². The average Bonchev–Trinajstić information content (AvgIpc) is 2.04. The summed E-state index contributed by atoms with van der Waals surface area (Å²) in [6, 6.07) is 2.60. The normalized spacial score (nSPS) is 9.33. The van der Waals surface area contributed by atoms with E-state index in [0.717, 1.165) is 0 Å². The van der Waals surface area contributed by atoms with Gasteiger partial charge in [-0.05, 0) is 12.1 Å². The zero-order chi connectivity index (χ0) is 9.14. The van der Waals surface area contributed by atoms with Gasteiger partial charge in [0.25, 0.3) is 5.91 Å². The van der Waals surface area contributed by atoms with Crippen molar-refractivity contribution in [2.45, 2.75) is 0 Å². The summed E-state index contributed by atoms with van der Waals surface area (Å²) in [5.41, 5.74) is 4.29. The quantitative estimate of drug-likeness (QED) is 0.579. The molecule has 1 aromatic heterocycles. The Bertz CT molecular complexity index is 302. The Balaban J connectivity index is 3.27. The predicted molar refractivity (Wildman–Crippen MR) is 37.1 cm³/mol. The van der Waals surface area contributed by atoms with Gasteiger partial charge in [-0.1, -0.05) is 0 Å². The Morgan fingerprint density at radius 2 is 2.17 bits per heavy atom. The molecule has 5 heteroatoms. The first-order valence-electron chi connectivity index (χ1n) is 3.09. The van der Waals surface area contributed by atoms with Crippen LogP contribution >= 0.6 is 0 Å². The van der Waals surface area contributed by atoms with Gasteiger partial charge in [0.05, 0.1) is 5.97 Å². The molecule has 0 radical (unpaired) electrons. The van der Waals surface area contributed by atoms with Gasteiger partial charge < -0.3 is 15.6 Å². The highest BCUT2D eigenvalue weighted by Crippen LogP contribution is 2.02. The van der Waals surface area contributed by atoms with E-state index in [1.54, 1.807) is 0 Å². The smallest absolute Gasteiger partial charge is 0.267 e. The molecule has 5 nitrogen and oxygen atoms in total. The van der Waals surface area contributed by atoms with Crippen LogP contribution in [0, 0.1) is 0 Å². The van der Waals surface area contributed by atoms with Crippen LogP contribution in [0.5, 0.6) is 0 Å². The van der Waals surface area contributed by atoms with E-state index in [1.165, 1.54) is 18.3 Å². The Kier molecular flexibility index (Phi) is 2.05. The van der Waals surface area contributed by atoms with E-state index in [4.69, 9.17) is 5.73 Å². The molecular weight excluding hydrogens is 160 g/mol. The fraction of sp³-hybridized carbons (Fsp3) is 0. The predicted octanol–water partition coefficient (Wildman–Crippen LogP) is -1.46. The number of hydrogen-bond donors (Lipinski definition) is 1. The minimum absolute atomic E-state index is 0.280. The van der Waals surface area contributed by atoms with Gasteiger partial charge in [-0.3, -0.25) is 9.78 Å². The summed E-state index contributed by atoms with van der Waals surface area (Å²) in [7, 11) is 0. The number of carbonyl (C=O) groups is 2. The minimum Gasteiger partial charge on any atom is -0.545 e. The highest BCUT2D eigenvalue weighted by molar-refractivity contribution is 6.01. The molecule has 0 saturated heterocycles. The summed E-state index contributed by atoms with van der Waals surface area (Å²) in [4.78, 5) is 24.5. The minimum atomic E-state index is -1.46. The number of carboxylic acids is 1. The standard InChI is InChI=1S/C7H6N2O3/c8-6(10)5-4(7(11)12)2-1-3-9-5/h1-3H,(H2,8,10)(H,11,12)/p-1. The molecule has 0 unspecified atom stereocenters. The highest BCUT2D eigenvalue weighted by atomic mass is 16.4. The van der Waals surface area contributed by atoms with Crippen LogP contribution in [0.4, 0.5) is 0 Å². The zero-order valence-electron chi connectivity index (χ0n) is 5.98. The lowest BCUT2D eigenvalue weighted by molar-refractivity contribution is -0.255. The first-order chi connectivity index (χ1) is 5.63. The van der Waals surface area contributed by atoms with Crippen molar-refractivity contribution < 1.29 is 14.7 Å². The molecular formula is C7H5N2O3-. The van der Waals surface area contributed by atoms with Crippen LogP contribution in [0.25, 0.3) is 0 Å². The number of aromatic nitrogens is 1. The first kappa shape index (κ1) is 8.19. The molecule has 0 aromatic carbocycles. The summed E-state index contributed by atoms with van der Waals surface area (Å²) in [5.74, 6) is -2.34. The summed E-state index contributed by atoms with van der Waals surface area (Å²) in [6.45, 7) is 0.